The summed E-state index contributed by atoms with van der Waals surface area (Å²) >= 11 is 0. The van der Waals surface area contributed by atoms with Crippen molar-refractivity contribution in [1.82, 2.24) is 4.90 Å². The molecule has 1 aliphatic carbocycles. The summed E-state index contributed by atoms with van der Waals surface area (Å²) in [4.78, 5) is 60.3. The summed E-state index contributed by atoms with van der Waals surface area (Å²) in [5.74, 6) is -2.67. The first-order valence-electron chi connectivity index (χ1n) is 9.53. The first-order chi connectivity index (χ1) is 14.3. The number of nitrogens with one attached hydrogen (secondary N) is 1. The lowest BCUT2D eigenvalue weighted by Gasteiger charge is -2.16. The molecule has 1 N–H and O–H groups in total. The van der Waals surface area contributed by atoms with Crippen LogP contribution in [-0.2, 0) is 23.9 Å². The first kappa shape index (κ1) is 21.2. The molecule has 2 aliphatic rings. The number of nitro benzene ring substituents is 1. The van der Waals surface area contributed by atoms with E-state index in [1.165, 1.54) is 31.2 Å². The zero-order valence-electron chi connectivity index (χ0n) is 16.3. The molecule has 1 aromatic carbocycles. The number of benzene rings is 1. The first-order valence-corrected chi connectivity index (χ1v) is 9.53. The van der Waals surface area contributed by atoms with Gasteiger partial charge in [0.1, 0.15) is 0 Å². The highest BCUT2D eigenvalue weighted by atomic mass is 16.6. The molecule has 30 heavy (non-hydrogen) atoms. The molecule has 0 aromatic heterocycles. The summed E-state index contributed by atoms with van der Waals surface area (Å²) in [6.45, 7) is 1.26. The van der Waals surface area contributed by atoms with Gasteiger partial charge in [0.25, 0.3) is 11.6 Å². The molecule has 3 atom stereocenters. The van der Waals surface area contributed by atoms with Crippen molar-refractivity contribution in [2.75, 3.05) is 11.9 Å². The molecule has 10 heteroatoms. The van der Waals surface area contributed by atoms with E-state index < -0.39 is 22.9 Å². The van der Waals surface area contributed by atoms with Crippen molar-refractivity contribution in [1.29, 1.82) is 0 Å². The molecule has 158 valence electrons. The number of ether oxygens (including phenoxy) is 1. The summed E-state index contributed by atoms with van der Waals surface area (Å²) in [7, 11) is 0. The Balaban J connectivity index is 1.49. The predicted molar refractivity (Wildman–Crippen MR) is 104 cm³/mol. The number of carbonyl (C=O) groups excluding carboxylic acids is 4. The number of amides is 3. The Kier molecular flexibility index (Phi) is 6.24. The van der Waals surface area contributed by atoms with Gasteiger partial charge in [-0.05, 0) is 25.8 Å². The second-order valence-electron chi connectivity index (χ2n) is 7.16. The molecule has 0 bridgehead atoms. The fourth-order valence-corrected chi connectivity index (χ4v) is 3.54. The Morgan fingerprint density at radius 3 is 2.47 bits per heavy atom. The number of fused-ring (bicyclic) bond motifs is 1. The Bertz CT molecular complexity index is 901. The van der Waals surface area contributed by atoms with E-state index in [9.17, 15) is 29.3 Å². The number of non-ortho nitro benzene ring substituents is 1. The maximum atomic E-state index is 12.4. The molecule has 1 saturated heterocycles. The quantitative estimate of drug-likeness (QED) is 0.236. The number of likely N-dealkylation sites (tertiary alicyclic amines) is 1. The molecule has 0 unspecified atom stereocenters. The van der Waals surface area contributed by atoms with Gasteiger partial charge in [-0.25, -0.2) is 0 Å². The van der Waals surface area contributed by atoms with Gasteiger partial charge in [-0.1, -0.05) is 18.2 Å². The normalized spacial score (nSPS) is 21.2. The van der Waals surface area contributed by atoms with Crippen LogP contribution in [0.4, 0.5) is 11.4 Å². The molecular formula is C20H21N3O7. The molecule has 0 radical (unpaired) electrons. The van der Waals surface area contributed by atoms with Gasteiger partial charge in [0.15, 0.2) is 6.10 Å². The highest BCUT2D eigenvalue weighted by molar-refractivity contribution is 6.05. The van der Waals surface area contributed by atoms with Crippen LogP contribution in [0.1, 0.15) is 26.2 Å². The van der Waals surface area contributed by atoms with Gasteiger partial charge >= 0.3 is 5.97 Å². The molecule has 0 saturated carbocycles. The summed E-state index contributed by atoms with van der Waals surface area (Å²) < 4.78 is 5.06. The molecule has 1 fully saturated rings. The number of esters is 1. The molecule has 3 rings (SSSR count). The Labute approximate surface area is 172 Å². The molecule has 1 aliphatic heterocycles. The van der Waals surface area contributed by atoms with Crippen LogP contribution in [0.2, 0.25) is 0 Å². The van der Waals surface area contributed by atoms with Crippen LogP contribution in [-0.4, -0.2) is 46.2 Å². The van der Waals surface area contributed by atoms with Crippen molar-refractivity contribution >= 4 is 35.1 Å². The van der Waals surface area contributed by atoms with Crippen molar-refractivity contribution in [2.24, 2.45) is 11.8 Å². The monoisotopic (exact) mass is 415 g/mol. The van der Waals surface area contributed by atoms with E-state index in [4.69, 9.17) is 4.74 Å². The molecule has 3 amide bonds. The van der Waals surface area contributed by atoms with Gasteiger partial charge in [-0.3, -0.25) is 34.2 Å². The number of carbonyl (C=O) groups is 4. The number of hydrogen-bond donors (Lipinski definition) is 1. The molecule has 0 spiro atoms. The third-order valence-corrected chi connectivity index (χ3v) is 5.14. The minimum Gasteiger partial charge on any atom is -0.452 e. The summed E-state index contributed by atoms with van der Waals surface area (Å²) in [6.07, 6.45) is 3.42. The van der Waals surface area contributed by atoms with E-state index >= 15 is 0 Å². The minimum absolute atomic E-state index is 0.0945. The van der Waals surface area contributed by atoms with Crippen LogP contribution in [0.5, 0.6) is 0 Å². The van der Waals surface area contributed by atoms with Crippen LogP contribution in [0.25, 0.3) is 0 Å². The average Bonchev–Trinajstić information content (AvgIpc) is 2.97. The smallest absolute Gasteiger partial charge is 0.308 e. The number of imide groups is 1. The van der Waals surface area contributed by atoms with Gasteiger partial charge in [0.2, 0.25) is 11.8 Å². The maximum Gasteiger partial charge on any atom is 0.308 e. The van der Waals surface area contributed by atoms with Crippen molar-refractivity contribution in [3.05, 3.63) is 46.5 Å². The lowest BCUT2D eigenvalue weighted by Crippen LogP contribution is -2.35. The minimum atomic E-state index is -1.16. The third kappa shape index (κ3) is 4.53. The van der Waals surface area contributed by atoms with Gasteiger partial charge < -0.3 is 10.1 Å². The number of allylic oxidation sites excluding steroid dienone is 2. The van der Waals surface area contributed by atoms with Gasteiger partial charge in [0, 0.05) is 24.4 Å². The average molecular weight is 415 g/mol. The number of anilines is 1. The Morgan fingerprint density at radius 2 is 1.87 bits per heavy atom. The second kappa shape index (κ2) is 8.85. The lowest BCUT2D eigenvalue weighted by atomic mass is 9.85. The fourth-order valence-electron chi connectivity index (χ4n) is 3.54. The highest BCUT2D eigenvalue weighted by Gasteiger charge is 2.47. The van der Waals surface area contributed by atoms with Crippen molar-refractivity contribution in [3.8, 4) is 0 Å². The Hall–Kier alpha value is -3.56. The van der Waals surface area contributed by atoms with Crippen LogP contribution < -0.4 is 5.32 Å². The highest BCUT2D eigenvalue weighted by Crippen LogP contribution is 2.35. The largest absolute Gasteiger partial charge is 0.452 e. The van der Waals surface area contributed by atoms with Gasteiger partial charge in [-0.2, -0.15) is 0 Å². The van der Waals surface area contributed by atoms with Crippen LogP contribution >= 0.6 is 0 Å². The molecule has 1 heterocycles. The van der Waals surface area contributed by atoms with E-state index in [2.05, 4.69) is 5.32 Å². The SMILES string of the molecule is C[C@H](OC(=O)CCN1C(=O)[C@H]2CC=CC[C@H]2C1=O)C(=O)Nc1cccc([N+](=O)[O-])c1. The number of hydrogen-bond acceptors (Lipinski definition) is 7. The second-order valence-corrected chi connectivity index (χ2v) is 7.16. The topological polar surface area (TPSA) is 136 Å². The van der Waals surface area contributed by atoms with Crippen molar-refractivity contribution in [2.45, 2.75) is 32.3 Å². The maximum absolute atomic E-state index is 12.4. The summed E-state index contributed by atoms with van der Waals surface area (Å²) in [6, 6.07) is 5.36. The zero-order chi connectivity index (χ0) is 21.8. The number of nitro groups is 1. The van der Waals surface area contributed by atoms with E-state index in [0.717, 1.165) is 4.90 Å². The van der Waals surface area contributed by atoms with Crippen molar-refractivity contribution in [3.63, 3.8) is 0 Å². The summed E-state index contributed by atoms with van der Waals surface area (Å²) in [5, 5.41) is 13.2. The standard InChI is InChI=1S/C20H21N3O7/c1-12(18(25)21-13-5-4-6-14(11-13)23(28)29)30-17(24)9-10-22-19(26)15-7-2-3-8-16(15)20(22)27/h2-6,11-12,15-16H,7-10H2,1H3,(H,21,25)/t12-,15-,16+/m0/s1. The van der Waals surface area contributed by atoms with Crippen LogP contribution in [0.3, 0.4) is 0 Å². The van der Waals surface area contributed by atoms with Crippen LogP contribution in [0, 0.1) is 22.0 Å². The van der Waals surface area contributed by atoms with E-state index in [-0.39, 0.29) is 48.0 Å². The van der Waals surface area contributed by atoms with Crippen molar-refractivity contribution < 1.29 is 28.8 Å². The molecular weight excluding hydrogens is 394 g/mol. The van der Waals surface area contributed by atoms with E-state index in [1.54, 1.807) is 0 Å². The number of rotatable bonds is 7. The number of nitrogens with zero attached hydrogens (tertiary/aromatic N) is 2. The third-order valence-electron chi connectivity index (χ3n) is 5.14. The van der Waals surface area contributed by atoms with E-state index in [0.29, 0.717) is 12.8 Å². The van der Waals surface area contributed by atoms with Gasteiger partial charge in [-0.15, -0.1) is 0 Å². The van der Waals surface area contributed by atoms with E-state index in [1.807, 2.05) is 12.2 Å². The summed E-state index contributed by atoms with van der Waals surface area (Å²) in [5.41, 5.74) is 0.00901. The molecule has 1 aromatic rings. The van der Waals surface area contributed by atoms with Crippen LogP contribution in [0.15, 0.2) is 36.4 Å². The zero-order valence-corrected chi connectivity index (χ0v) is 16.3. The lowest BCUT2D eigenvalue weighted by molar-refractivity contribution is -0.384. The molecule has 10 nitrogen and oxygen atoms in total. The fraction of sp³-hybridized carbons (Fsp3) is 0.400. The Morgan fingerprint density at radius 1 is 1.23 bits per heavy atom. The van der Waals surface area contributed by atoms with Gasteiger partial charge in [0.05, 0.1) is 23.2 Å². The predicted octanol–water partition coefficient (Wildman–Crippen LogP) is 1.81.